The molecule has 3 aromatic carbocycles. The zero-order valence-electron chi connectivity index (χ0n) is 30.6. The number of hydrogen-bond donors (Lipinski definition) is 5. The zero-order valence-corrected chi connectivity index (χ0v) is 32.1. The van der Waals surface area contributed by atoms with Crippen LogP contribution in [0.5, 0.6) is 0 Å². The summed E-state index contributed by atoms with van der Waals surface area (Å²) in [6.45, 7) is 3.06. The lowest BCUT2D eigenvalue weighted by Crippen LogP contribution is -2.42. The van der Waals surface area contributed by atoms with Crippen LogP contribution in [0, 0.1) is 0 Å². The second-order valence-electron chi connectivity index (χ2n) is 13.8. The summed E-state index contributed by atoms with van der Waals surface area (Å²) >= 11 is 12.5. The number of halogens is 2. The fraction of sp³-hybridized carbons (Fsp3) is 0.293. The van der Waals surface area contributed by atoms with Gasteiger partial charge in [0.1, 0.15) is 0 Å². The van der Waals surface area contributed by atoms with Crippen molar-refractivity contribution >= 4 is 64.2 Å². The van der Waals surface area contributed by atoms with Crippen molar-refractivity contribution in [1.82, 2.24) is 30.2 Å². The van der Waals surface area contributed by atoms with E-state index in [0.29, 0.717) is 70.9 Å². The second kappa shape index (κ2) is 18.3. The number of hydrogen-bond acceptors (Lipinski definition) is 10. The maximum atomic E-state index is 13.1. The lowest BCUT2D eigenvalue weighted by atomic mass is 10.0. The summed E-state index contributed by atoms with van der Waals surface area (Å²) < 4.78 is 0. The molecule has 5 N–H and O–H groups in total. The number of aromatic nitrogens is 4. The molecular formula is C41H42Cl2N10O3. The van der Waals surface area contributed by atoms with Gasteiger partial charge >= 0.3 is 0 Å². The van der Waals surface area contributed by atoms with Gasteiger partial charge in [-0.3, -0.25) is 14.4 Å². The van der Waals surface area contributed by atoms with Crippen molar-refractivity contribution in [2.45, 2.75) is 50.6 Å². The van der Waals surface area contributed by atoms with E-state index >= 15 is 0 Å². The molecule has 0 radical (unpaired) electrons. The average Bonchev–Trinajstić information content (AvgIpc) is 3.21. The molecule has 3 amide bonds. The second-order valence-corrected chi connectivity index (χ2v) is 14.6. The van der Waals surface area contributed by atoms with Gasteiger partial charge in [-0.25, -0.2) is 19.9 Å². The highest BCUT2D eigenvalue weighted by Crippen LogP contribution is 2.28. The van der Waals surface area contributed by atoms with Crippen LogP contribution in [0.1, 0.15) is 48.9 Å². The number of carbonyl (C=O) groups is 3. The molecule has 0 unspecified atom stereocenters. The number of amides is 3. The van der Waals surface area contributed by atoms with E-state index in [0.717, 1.165) is 48.4 Å². The number of piperidine rings is 2. The zero-order chi connectivity index (χ0) is 38.9. The molecule has 2 saturated heterocycles. The van der Waals surface area contributed by atoms with Crippen LogP contribution in [0.4, 0.5) is 23.3 Å². The maximum Gasteiger partial charge on any atom is 0.256 e. The molecule has 13 nitrogen and oxygen atoms in total. The van der Waals surface area contributed by atoms with Gasteiger partial charge in [0.15, 0.2) is 0 Å². The highest BCUT2D eigenvalue weighted by Gasteiger charge is 2.27. The molecule has 2 aromatic heterocycles. The predicted molar refractivity (Wildman–Crippen MR) is 220 cm³/mol. The molecule has 0 atom stereocenters. The van der Waals surface area contributed by atoms with Gasteiger partial charge in [0.05, 0.1) is 27.0 Å². The molecule has 288 valence electrons. The minimum Gasteiger partial charge on any atom is -0.351 e. The summed E-state index contributed by atoms with van der Waals surface area (Å²) in [7, 11) is 0. The molecule has 0 saturated carbocycles. The van der Waals surface area contributed by atoms with E-state index in [4.69, 9.17) is 28.2 Å². The van der Waals surface area contributed by atoms with Crippen LogP contribution in [0.25, 0.3) is 22.5 Å². The summed E-state index contributed by atoms with van der Waals surface area (Å²) in [5.74, 6) is 0.407. The highest BCUT2D eigenvalue weighted by atomic mass is 35.5. The molecule has 2 fully saturated rings. The molecule has 15 heteroatoms. The number of benzene rings is 3. The molecule has 5 aromatic rings. The molecule has 2 aliphatic rings. The average molecular weight is 794 g/mol. The number of likely N-dealkylation sites (tertiary alicyclic amines) is 1. The topological polar surface area (TPSA) is 166 Å². The Morgan fingerprint density at radius 2 is 1.11 bits per heavy atom. The Hall–Kier alpha value is -5.63. The monoisotopic (exact) mass is 792 g/mol. The summed E-state index contributed by atoms with van der Waals surface area (Å²) in [5, 5.41) is 16.6. The first-order valence-corrected chi connectivity index (χ1v) is 19.5. The highest BCUT2D eigenvalue weighted by molar-refractivity contribution is 6.39. The van der Waals surface area contributed by atoms with E-state index in [2.05, 4.69) is 41.5 Å². The number of anilines is 4. The lowest BCUT2D eigenvalue weighted by molar-refractivity contribution is -0.121. The first kappa shape index (κ1) is 38.6. The molecule has 56 heavy (non-hydrogen) atoms. The van der Waals surface area contributed by atoms with E-state index in [1.807, 2.05) is 48.5 Å². The molecule has 2 aliphatic heterocycles. The Balaban J connectivity index is 0.843. The third-order valence-corrected chi connectivity index (χ3v) is 10.4. The molecule has 0 spiro atoms. The van der Waals surface area contributed by atoms with E-state index in [-0.39, 0.29) is 36.6 Å². The van der Waals surface area contributed by atoms with Crippen LogP contribution >= 0.6 is 23.2 Å². The van der Waals surface area contributed by atoms with Crippen molar-refractivity contribution in [3.05, 3.63) is 107 Å². The van der Waals surface area contributed by atoms with E-state index in [1.165, 1.54) is 0 Å². The van der Waals surface area contributed by atoms with E-state index in [1.54, 1.807) is 47.6 Å². The molecule has 0 aliphatic carbocycles. The Morgan fingerprint density at radius 1 is 0.643 bits per heavy atom. The van der Waals surface area contributed by atoms with Crippen LogP contribution in [0.3, 0.4) is 0 Å². The molecule has 0 bridgehead atoms. The van der Waals surface area contributed by atoms with Gasteiger partial charge in [-0.1, -0.05) is 53.5 Å². The Morgan fingerprint density at radius 3 is 1.59 bits per heavy atom. The van der Waals surface area contributed by atoms with Crippen LogP contribution < -0.4 is 26.6 Å². The molecular weight excluding hydrogens is 751 g/mol. The lowest BCUT2D eigenvalue weighted by Gasteiger charge is -2.32. The Kier molecular flexibility index (Phi) is 12.7. The van der Waals surface area contributed by atoms with Crippen molar-refractivity contribution < 1.29 is 14.4 Å². The number of rotatable bonds is 12. The van der Waals surface area contributed by atoms with Crippen molar-refractivity contribution in [2.75, 3.05) is 47.4 Å². The van der Waals surface area contributed by atoms with Crippen LogP contribution in [0.2, 0.25) is 10.0 Å². The number of carbonyl (C=O) groups excluding carboxylic acids is 3. The fourth-order valence-corrected chi connectivity index (χ4v) is 7.28. The van der Waals surface area contributed by atoms with Gasteiger partial charge in [0, 0.05) is 72.9 Å². The van der Waals surface area contributed by atoms with E-state index < -0.39 is 0 Å². The van der Waals surface area contributed by atoms with Crippen molar-refractivity contribution in [2.24, 2.45) is 0 Å². The van der Waals surface area contributed by atoms with Crippen LogP contribution in [0.15, 0.2) is 91.3 Å². The summed E-state index contributed by atoms with van der Waals surface area (Å²) in [6.07, 6.45) is 6.99. The van der Waals surface area contributed by atoms with Gasteiger partial charge < -0.3 is 31.5 Å². The minimum absolute atomic E-state index is 0.0290. The first-order valence-electron chi connectivity index (χ1n) is 18.7. The van der Waals surface area contributed by atoms with Crippen molar-refractivity contribution in [1.29, 1.82) is 0 Å². The Labute approximate surface area is 335 Å². The van der Waals surface area contributed by atoms with Gasteiger partial charge in [-0.05, 0) is 87.3 Å². The van der Waals surface area contributed by atoms with Crippen molar-refractivity contribution in [3.63, 3.8) is 0 Å². The van der Waals surface area contributed by atoms with Crippen molar-refractivity contribution in [3.8, 4) is 22.5 Å². The summed E-state index contributed by atoms with van der Waals surface area (Å²) in [4.78, 5) is 58.3. The minimum atomic E-state index is -0.267. The smallest absolute Gasteiger partial charge is 0.256 e. The van der Waals surface area contributed by atoms with Gasteiger partial charge in [0.25, 0.3) is 5.91 Å². The first-order chi connectivity index (χ1) is 27.3. The standard InChI is InChI=1S/C41H42Cl2N10O3/c42-32-2-1-3-33(43)38(32)39(56)53-24-18-31(19-25-53)50-41-46-23-17-35(52-41)27-6-10-29(11-7-27)48-37(55)13-12-36(54)47-28-8-4-26(5-9-28)34-16-22-45-40(51-34)49-30-14-20-44-21-15-30/h1-11,16-17,22-23,30-31,44H,12-15,18-21,24-25H2,(H,47,54)(H,48,55)(H,45,49,51)(H,46,50,52). The van der Waals surface area contributed by atoms with Crippen LogP contribution in [-0.2, 0) is 9.59 Å². The van der Waals surface area contributed by atoms with Gasteiger partial charge in [0.2, 0.25) is 23.7 Å². The van der Waals surface area contributed by atoms with E-state index in [9.17, 15) is 14.4 Å². The normalized spacial score (nSPS) is 14.9. The largest absolute Gasteiger partial charge is 0.351 e. The Bertz CT molecular complexity index is 2140. The fourth-order valence-electron chi connectivity index (χ4n) is 6.72. The molecule has 4 heterocycles. The SMILES string of the molecule is O=C(CCC(=O)Nc1ccc(-c2ccnc(NC3CCN(C(=O)c4c(Cl)cccc4Cl)CC3)n2)cc1)Nc1ccc(-c2ccnc(NC3CCNCC3)n2)cc1. The van der Waals surface area contributed by atoms with Gasteiger partial charge in [-0.15, -0.1) is 0 Å². The summed E-state index contributed by atoms with van der Waals surface area (Å²) in [6, 6.07) is 24.0. The molecule has 7 rings (SSSR count). The maximum absolute atomic E-state index is 13.1. The third-order valence-electron chi connectivity index (χ3n) is 9.78. The summed E-state index contributed by atoms with van der Waals surface area (Å²) in [5.41, 5.74) is 4.85. The number of nitrogens with one attached hydrogen (secondary N) is 5. The van der Waals surface area contributed by atoms with Crippen LogP contribution in [-0.4, -0.2) is 80.8 Å². The number of nitrogens with zero attached hydrogens (tertiary/aromatic N) is 5. The van der Waals surface area contributed by atoms with Gasteiger partial charge in [-0.2, -0.15) is 0 Å². The quantitative estimate of drug-likeness (QED) is 0.0876. The third kappa shape index (κ3) is 10.2. The predicted octanol–water partition coefficient (Wildman–Crippen LogP) is 7.15.